The predicted molar refractivity (Wildman–Crippen MR) is 152 cm³/mol. The van der Waals surface area contributed by atoms with Crippen molar-refractivity contribution in [3.63, 3.8) is 0 Å². The fourth-order valence-electron chi connectivity index (χ4n) is 5.04. The first-order chi connectivity index (χ1) is 18.4. The summed E-state index contributed by atoms with van der Waals surface area (Å²) in [4.78, 5) is 44.7. The summed E-state index contributed by atoms with van der Waals surface area (Å²) < 4.78 is 0. The number of benzene rings is 2. The predicted octanol–water partition coefficient (Wildman–Crippen LogP) is 6.97. The largest absolute Gasteiger partial charge is 0.480 e. The molecule has 1 heterocycles. The number of unbranched alkanes of at least 4 members (excludes halogenated alkanes) is 4. The van der Waals surface area contributed by atoms with Crippen LogP contribution in [-0.4, -0.2) is 58.5 Å². The summed E-state index contributed by atoms with van der Waals surface area (Å²) in [6, 6.07) is 14.5. The number of para-hydroxylation sites is 1. The van der Waals surface area contributed by atoms with Gasteiger partial charge < -0.3 is 14.9 Å². The standard InChI is InChI=1S/C30H40ClN3O4/c1-3-5-10-18-32(19-11-6-4-2)28(35)23-17-20-33(27(21-23)29(36)37)30(38)34(25-14-8-7-9-15-25)26-16-12-13-24(31)22-26/h7-9,12-16,22-23,27H,3-6,10-11,17-21H2,1-2H3,(H,36,37)/t23-,27-/m0/s1. The molecule has 2 aromatic rings. The lowest BCUT2D eigenvalue weighted by atomic mass is 9.89. The number of likely N-dealkylation sites (tertiary alicyclic amines) is 1. The van der Waals surface area contributed by atoms with Crippen LogP contribution in [0, 0.1) is 5.92 Å². The van der Waals surface area contributed by atoms with Crippen LogP contribution >= 0.6 is 11.6 Å². The molecule has 38 heavy (non-hydrogen) atoms. The number of hydrogen-bond donors (Lipinski definition) is 1. The summed E-state index contributed by atoms with van der Waals surface area (Å²) in [7, 11) is 0. The maximum Gasteiger partial charge on any atom is 0.329 e. The van der Waals surface area contributed by atoms with E-state index < -0.39 is 24.0 Å². The van der Waals surface area contributed by atoms with E-state index in [0.717, 1.165) is 38.5 Å². The van der Waals surface area contributed by atoms with Gasteiger partial charge in [-0.25, -0.2) is 9.59 Å². The Hall–Kier alpha value is -3.06. The Morgan fingerprint density at radius 1 is 0.921 bits per heavy atom. The van der Waals surface area contributed by atoms with Gasteiger partial charge in [-0.05, 0) is 56.0 Å². The van der Waals surface area contributed by atoms with Crippen molar-refractivity contribution >= 4 is 40.9 Å². The second-order valence-electron chi connectivity index (χ2n) is 9.94. The van der Waals surface area contributed by atoms with Crippen LogP contribution in [-0.2, 0) is 9.59 Å². The Bertz CT molecular complexity index is 1050. The summed E-state index contributed by atoms with van der Waals surface area (Å²) in [5.74, 6) is -1.50. The monoisotopic (exact) mass is 541 g/mol. The first-order valence-electron chi connectivity index (χ1n) is 13.8. The highest BCUT2D eigenvalue weighted by molar-refractivity contribution is 6.31. The molecule has 0 bridgehead atoms. The van der Waals surface area contributed by atoms with Crippen LogP contribution in [0.25, 0.3) is 0 Å². The fourth-order valence-corrected chi connectivity index (χ4v) is 5.22. The lowest BCUT2D eigenvalue weighted by molar-refractivity contribution is -0.146. The van der Waals surface area contributed by atoms with Crippen LogP contribution in [0.5, 0.6) is 0 Å². The number of nitrogens with zero attached hydrogens (tertiary/aromatic N) is 3. The lowest BCUT2D eigenvalue weighted by Gasteiger charge is -2.40. The van der Waals surface area contributed by atoms with Crippen molar-refractivity contribution in [3.05, 3.63) is 59.6 Å². The number of aliphatic carboxylic acids is 1. The number of urea groups is 1. The molecule has 0 aromatic heterocycles. The molecule has 0 radical (unpaired) electrons. The number of carboxylic acids is 1. The first kappa shape index (κ1) is 29.5. The highest BCUT2D eigenvalue weighted by Gasteiger charge is 2.41. The van der Waals surface area contributed by atoms with Gasteiger partial charge in [-0.1, -0.05) is 75.4 Å². The quantitative estimate of drug-likeness (QED) is 0.294. The minimum Gasteiger partial charge on any atom is -0.480 e. The number of piperidine rings is 1. The molecular weight excluding hydrogens is 502 g/mol. The Balaban J connectivity index is 1.82. The number of carbonyl (C=O) groups excluding carboxylic acids is 2. The van der Waals surface area contributed by atoms with Crippen molar-refractivity contribution in [2.45, 2.75) is 71.3 Å². The molecule has 0 saturated carbocycles. The minimum atomic E-state index is -1.10. The van der Waals surface area contributed by atoms with Gasteiger partial charge in [0.05, 0.1) is 11.4 Å². The van der Waals surface area contributed by atoms with E-state index in [2.05, 4.69) is 13.8 Å². The van der Waals surface area contributed by atoms with E-state index in [1.807, 2.05) is 23.1 Å². The van der Waals surface area contributed by atoms with Crippen LogP contribution in [0.2, 0.25) is 5.02 Å². The zero-order valence-electron chi connectivity index (χ0n) is 22.5. The average molecular weight is 542 g/mol. The Morgan fingerprint density at radius 2 is 1.55 bits per heavy atom. The van der Waals surface area contributed by atoms with Crippen molar-refractivity contribution in [1.29, 1.82) is 0 Å². The maximum atomic E-state index is 13.9. The molecule has 0 unspecified atom stereocenters. The molecule has 8 heteroatoms. The van der Waals surface area contributed by atoms with E-state index in [9.17, 15) is 19.5 Å². The molecule has 7 nitrogen and oxygen atoms in total. The molecule has 2 aromatic carbocycles. The van der Waals surface area contributed by atoms with Crippen LogP contribution < -0.4 is 4.90 Å². The van der Waals surface area contributed by atoms with E-state index in [1.165, 1.54) is 9.80 Å². The van der Waals surface area contributed by atoms with E-state index in [-0.39, 0.29) is 18.9 Å². The molecule has 3 amide bonds. The third kappa shape index (κ3) is 7.73. The summed E-state index contributed by atoms with van der Waals surface area (Å²) >= 11 is 6.23. The third-order valence-corrected chi connectivity index (χ3v) is 7.36. The van der Waals surface area contributed by atoms with Gasteiger partial charge in [-0.2, -0.15) is 0 Å². The van der Waals surface area contributed by atoms with Gasteiger partial charge in [0.1, 0.15) is 6.04 Å². The van der Waals surface area contributed by atoms with E-state index in [0.29, 0.717) is 35.9 Å². The number of anilines is 2. The summed E-state index contributed by atoms with van der Waals surface area (Å²) in [5, 5.41) is 10.6. The van der Waals surface area contributed by atoms with Crippen molar-refractivity contribution in [1.82, 2.24) is 9.80 Å². The second-order valence-corrected chi connectivity index (χ2v) is 10.4. The number of rotatable bonds is 12. The van der Waals surface area contributed by atoms with Gasteiger partial charge in [0.15, 0.2) is 0 Å². The number of hydrogen-bond acceptors (Lipinski definition) is 3. The lowest BCUT2D eigenvalue weighted by Crippen LogP contribution is -2.55. The fraction of sp³-hybridized carbons (Fsp3) is 0.500. The van der Waals surface area contributed by atoms with Crippen LogP contribution in [0.3, 0.4) is 0 Å². The zero-order valence-corrected chi connectivity index (χ0v) is 23.3. The van der Waals surface area contributed by atoms with E-state index in [4.69, 9.17) is 11.6 Å². The molecule has 1 aliphatic rings. The van der Waals surface area contributed by atoms with Gasteiger partial charge in [-0.3, -0.25) is 9.69 Å². The normalized spacial score (nSPS) is 17.2. The van der Waals surface area contributed by atoms with Crippen LogP contribution in [0.15, 0.2) is 54.6 Å². The van der Waals surface area contributed by atoms with Gasteiger partial charge in [-0.15, -0.1) is 0 Å². The highest BCUT2D eigenvalue weighted by atomic mass is 35.5. The number of carboxylic acid groups (broad SMARTS) is 1. The summed E-state index contributed by atoms with van der Waals surface area (Å²) in [5.41, 5.74) is 1.16. The van der Waals surface area contributed by atoms with E-state index >= 15 is 0 Å². The van der Waals surface area contributed by atoms with Gasteiger partial charge >= 0.3 is 12.0 Å². The van der Waals surface area contributed by atoms with Crippen LogP contribution in [0.4, 0.5) is 16.2 Å². The SMILES string of the molecule is CCCCCN(CCCCC)C(=O)[C@H]1CCN(C(=O)N(c2ccccc2)c2cccc(Cl)c2)[C@H](C(=O)O)C1. The maximum absolute atomic E-state index is 13.9. The second kappa shape index (κ2) is 14.8. The van der Waals surface area contributed by atoms with Gasteiger partial charge in [0.25, 0.3) is 0 Å². The number of halogens is 1. The topological polar surface area (TPSA) is 81.2 Å². The number of amides is 3. The molecule has 1 N–H and O–H groups in total. The highest BCUT2D eigenvalue weighted by Crippen LogP contribution is 2.32. The molecule has 0 aliphatic carbocycles. The minimum absolute atomic E-state index is 0.0188. The average Bonchev–Trinajstić information content (AvgIpc) is 2.92. The zero-order chi connectivity index (χ0) is 27.5. The molecule has 2 atom stereocenters. The molecule has 1 aliphatic heterocycles. The smallest absolute Gasteiger partial charge is 0.329 e. The van der Waals surface area contributed by atoms with Crippen LogP contribution in [0.1, 0.15) is 65.2 Å². The Labute approximate surface area is 231 Å². The summed E-state index contributed by atoms with van der Waals surface area (Å²) in [6.07, 6.45) is 6.69. The molecule has 1 saturated heterocycles. The Kier molecular flexibility index (Phi) is 11.5. The van der Waals surface area contributed by atoms with Gasteiger partial charge in [0, 0.05) is 30.6 Å². The summed E-state index contributed by atoms with van der Waals surface area (Å²) in [6.45, 7) is 5.85. The Morgan fingerprint density at radius 3 is 2.13 bits per heavy atom. The van der Waals surface area contributed by atoms with Crippen molar-refractivity contribution in [3.8, 4) is 0 Å². The molecule has 0 spiro atoms. The van der Waals surface area contributed by atoms with Crippen molar-refractivity contribution in [2.24, 2.45) is 5.92 Å². The molecule has 206 valence electrons. The third-order valence-electron chi connectivity index (χ3n) is 7.13. The van der Waals surface area contributed by atoms with E-state index in [1.54, 1.807) is 36.4 Å². The first-order valence-corrected chi connectivity index (χ1v) is 14.2. The number of carbonyl (C=O) groups is 3. The van der Waals surface area contributed by atoms with Gasteiger partial charge in [0.2, 0.25) is 5.91 Å². The molecule has 1 fully saturated rings. The van der Waals surface area contributed by atoms with Crippen molar-refractivity contribution < 1.29 is 19.5 Å². The molecule has 3 rings (SSSR count). The molecular formula is C30H40ClN3O4. The van der Waals surface area contributed by atoms with Crippen molar-refractivity contribution in [2.75, 3.05) is 24.5 Å².